The van der Waals surface area contributed by atoms with Gasteiger partial charge in [0.1, 0.15) is 0 Å². The summed E-state index contributed by atoms with van der Waals surface area (Å²) in [5, 5.41) is 13.0. The van der Waals surface area contributed by atoms with Gasteiger partial charge in [-0.1, -0.05) is 0 Å². The van der Waals surface area contributed by atoms with Crippen LogP contribution in [0.2, 0.25) is 0 Å². The Labute approximate surface area is 132 Å². The molecule has 2 saturated heterocycles. The molecule has 0 aromatic carbocycles. The van der Waals surface area contributed by atoms with Crippen LogP contribution in [0.1, 0.15) is 25.7 Å². The Morgan fingerprint density at radius 1 is 1.18 bits per heavy atom. The summed E-state index contributed by atoms with van der Waals surface area (Å²) in [6.45, 7) is 6.46. The standard InChI is InChI=1S/C16H29N3O3/c20-15(13-3-4-13)11-18-5-7-19(8-6-18)12-16(21)17-10-14-2-1-9-22-14/h13-15,20H,1-12H2,(H,17,21)/t14-,15+/m0/s1. The van der Waals surface area contributed by atoms with Crippen molar-refractivity contribution in [3.8, 4) is 0 Å². The lowest BCUT2D eigenvalue weighted by atomic mass is 10.2. The summed E-state index contributed by atoms with van der Waals surface area (Å²) < 4.78 is 5.51. The Morgan fingerprint density at radius 3 is 2.55 bits per heavy atom. The predicted molar refractivity (Wildman–Crippen MR) is 83.6 cm³/mol. The SMILES string of the molecule is O=C(CN1CCN(C[C@@H](O)C2CC2)CC1)NC[C@@H]1CCCO1. The Bertz CT molecular complexity index is 362. The van der Waals surface area contributed by atoms with Gasteiger partial charge < -0.3 is 15.2 Å². The van der Waals surface area contributed by atoms with Crippen LogP contribution in [0.5, 0.6) is 0 Å². The molecule has 3 aliphatic rings. The number of carbonyl (C=O) groups excluding carboxylic acids is 1. The zero-order chi connectivity index (χ0) is 15.4. The van der Waals surface area contributed by atoms with Crippen LogP contribution >= 0.6 is 0 Å². The molecule has 2 N–H and O–H groups in total. The molecule has 22 heavy (non-hydrogen) atoms. The number of ether oxygens (including phenoxy) is 1. The van der Waals surface area contributed by atoms with Gasteiger partial charge in [-0.3, -0.25) is 14.6 Å². The highest BCUT2D eigenvalue weighted by Crippen LogP contribution is 2.32. The number of nitrogens with zero attached hydrogens (tertiary/aromatic N) is 2. The van der Waals surface area contributed by atoms with E-state index in [1.54, 1.807) is 0 Å². The monoisotopic (exact) mass is 311 g/mol. The predicted octanol–water partition coefficient (Wildman–Crippen LogP) is -0.330. The molecular weight excluding hydrogens is 282 g/mol. The molecule has 3 rings (SSSR count). The van der Waals surface area contributed by atoms with Crippen LogP contribution in [0, 0.1) is 5.92 Å². The van der Waals surface area contributed by atoms with Gasteiger partial charge in [-0.05, 0) is 31.6 Å². The summed E-state index contributed by atoms with van der Waals surface area (Å²) >= 11 is 0. The summed E-state index contributed by atoms with van der Waals surface area (Å²) in [5.74, 6) is 0.642. The molecule has 2 heterocycles. The van der Waals surface area contributed by atoms with E-state index in [2.05, 4.69) is 15.1 Å². The number of amides is 1. The molecular formula is C16H29N3O3. The molecule has 6 heteroatoms. The van der Waals surface area contributed by atoms with Crippen molar-refractivity contribution in [1.29, 1.82) is 0 Å². The number of hydrogen-bond donors (Lipinski definition) is 2. The van der Waals surface area contributed by atoms with E-state index in [0.717, 1.165) is 52.2 Å². The van der Waals surface area contributed by atoms with Gasteiger partial charge in [-0.15, -0.1) is 0 Å². The largest absolute Gasteiger partial charge is 0.392 e. The number of aliphatic hydroxyl groups is 1. The van der Waals surface area contributed by atoms with Crippen molar-refractivity contribution in [3.05, 3.63) is 0 Å². The number of hydrogen-bond acceptors (Lipinski definition) is 5. The molecule has 0 aromatic rings. The van der Waals surface area contributed by atoms with Crippen molar-refractivity contribution in [2.75, 3.05) is 52.4 Å². The van der Waals surface area contributed by atoms with Crippen LogP contribution < -0.4 is 5.32 Å². The summed E-state index contributed by atoms with van der Waals surface area (Å²) in [6, 6.07) is 0. The molecule has 0 radical (unpaired) electrons. The second kappa shape index (κ2) is 7.73. The zero-order valence-electron chi connectivity index (χ0n) is 13.4. The third-order valence-electron chi connectivity index (χ3n) is 4.99. The Morgan fingerprint density at radius 2 is 1.91 bits per heavy atom. The summed E-state index contributed by atoms with van der Waals surface area (Å²) in [5.41, 5.74) is 0. The van der Waals surface area contributed by atoms with Crippen molar-refractivity contribution in [3.63, 3.8) is 0 Å². The lowest BCUT2D eigenvalue weighted by Gasteiger charge is -2.35. The second-order valence-electron chi connectivity index (χ2n) is 6.92. The summed E-state index contributed by atoms with van der Waals surface area (Å²) in [6.07, 6.45) is 4.60. The summed E-state index contributed by atoms with van der Waals surface area (Å²) in [4.78, 5) is 16.5. The number of piperazine rings is 1. The Hall–Kier alpha value is -0.690. The van der Waals surface area contributed by atoms with Gasteiger partial charge in [0.25, 0.3) is 0 Å². The van der Waals surface area contributed by atoms with Crippen LogP contribution in [0.3, 0.4) is 0 Å². The zero-order valence-corrected chi connectivity index (χ0v) is 13.4. The Kier molecular flexibility index (Phi) is 5.68. The van der Waals surface area contributed by atoms with E-state index in [1.807, 2.05) is 0 Å². The molecule has 0 unspecified atom stereocenters. The van der Waals surface area contributed by atoms with Crippen molar-refractivity contribution in [2.45, 2.75) is 37.9 Å². The van der Waals surface area contributed by atoms with Crippen LogP contribution in [0.15, 0.2) is 0 Å². The Balaban J connectivity index is 1.28. The van der Waals surface area contributed by atoms with E-state index in [9.17, 15) is 9.90 Å². The minimum absolute atomic E-state index is 0.0990. The number of rotatable bonds is 7. The maximum Gasteiger partial charge on any atom is 0.234 e. The highest BCUT2D eigenvalue weighted by Gasteiger charge is 2.31. The normalized spacial score (nSPS) is 28.7. The van der Waals surface area contributed by atoms with Crippen molar-refractivity contribution < 1.29 is 14.6 Å². The third-order valence-corrected chi connectivity index (χ3v) is 4.99. The van der Waals surface area contributed by atoms with E-state index in [4.69, 9.17) is 4.74 Å². The maximum atomic E-state index is 12.0. The third kappa shape index (κ3) is 4.91. The van der Waals surface area contributed by atoms with Crippen LogP contribution in [-0.4, -0.2) is 85.4 Å². The van der Waals surface area contributed by atoms with Crippen LogP contribution in [0.4, 0.5) is 0 Å². The number of carbonyl (C=O) groups is 1. The number of aliphatic hydroxyl groups excluding tert-OH is 1. The van der Waals surface area contributed by atoms with E-state index in [0.29, 0.717) is 19.0 Å². The second-order valence-corrected chi connectivity index (χ2v) is 6.92. The highest BCUT2D eigenvalue weighted by atomic mass is 16.5. The van der Waals surface area contributed by atoms with Crippen molar-refractivity contribution >= 4 is 5.91 Å². The molecule has 2 atom stereocenters. The first-order valence-electron chi connectivity index (χ1n) is 8.72. The fraction of sp³-hybridized carbons (Fsp3) is 0.938. The lowest BCUT2D eigenvalue weighted by Crippen LogP contribution is -2.51. The van der Waals surface area contributed by atoms with Gasteiger partial charge in [0.2, 0.25) is 5.91 Å². The van der Waals surface area contributed by atoms with Gasteiger partial charge in [0.05, 0.1) is 18.8 Å². The number of nitrogens with one attached hydrogen (secondary N) is 1. The van der Waals surface area contributed by atoms with E-state index in [-0.39, 0.29) is 18.1 Å². The van der Waals surface area contributed by atoms with Gasteiger partial charge in [-0.2, -0.15) is 0 Å². The summed E-state index contributed by atoms with van der Waals surface area (Å²) in [7, 11) is 0. The van der Waals surface area contributed by atoms with E-state index in [1.165, 1.54) is 12.8 Å². The van der Waals surface area contributed by atoms with Gasteiger partial charge >= 0.3 is 0 Å². The molecule has 0 spiro atoms. The minimum Gasteiger partial charge on any atom is -0.392 e. The minimum atomic E-state index is -0.152. The molecule has 0 aromatic heterocycles. The number of β-amino-alcohol motifs (C(OH)–C–C–N with tert-alkyl or cyclic N) is 1. The molecule has 126 valence electrons. The molecule has 1 saturated carbocycles. The quantitative estimate of drug-likeness (QED) is 0.674. The van der Waals surface area contributed by atoms with Crippen molar-refractivity contribution in [2.24, 2.45) is 5.92 Å². The first-order valence-corrected chi connectivity index (χ1v) is 8.72. The van der Waals surface area contributed by atoms with Gasteiger partial charge in [-0.25, -0.2) is 0 Å². The molecule has 6 nitrogen and oxygen atoms in total. The van der Waals surface area contributed by atoms with E-state index >= 15 is 0 Å². The highest BCUT2D eigenvalue weighted by molar-refractivity contribution is 5.78. The molecule has 1 aliphatic carbocycles. The molecule has 1 amide bonds. The van der Waals surface area contributed by atoms with E-state index < -0.39 is 0 Å². The fourth-order valence-electron chi connectivity index (χ4n) is 3.32. The molecule has 3 fully saturated rings. The lowest BCUT2D eigenvalue weighted by molar-refractivity contribution is -0.123. The van der Waals surface area contributed by atoms with Crippen LogP contribution in [-0.2, 0) is 9.53 Å². The van der Waals surface area contributed by atoms with Gasteiger partial charge in [0.15, 0.2) is 0 Å². The average molecular weight is 311 g/mol. The van der Waals surface area contributed by atoms with Crippen LogP contribution in [0.25, 0.3) is 0 Å². The fourth-order valence-corrected chi connectivity index (χ4v) is 3.32. The smallest absolute Gasteiger partial charge is 0.234 e. The molecule has 0 bridgehead atoms. The first kappa shape index (κ1) is 16.2. The average Bonchev–Trinajstić information content (AvgIpc) is 3.24. The maximum absolute atomic E-state index is 12.0. The van der Waals surface area contributed by atoms with Gasteiger partial charge in [0, 0.05) is 45.9 Å². The first-order chi connectivity index (χ1) is 10.7. The molecule has 2 aliphatic heterocycles. The topological polar surface area (TPSA) is 65.0 Å². The van der Waals surface area contributed by atoms with Crippen molar-refractivity contribution in [1.82, 2.24) is 15.1 Å².